The third kappa shape index (κ3) is 4.73. The number of aryl methyl sites for hydroxylation is 2. The zero-order valence-electron chi connectivity index (χ0n) is 16.9. The second-order valence-electron chi connectivity index (χ2n) is 6.42. The Morgan fingerprint density at radius 2 is 1.90 bits per heavy atom. The second-order valence-corrected chi connectivity index (χ2v) is 7.19. The second kappa shape index (κ2) is 9.04. The number of nitrogens with one attached hydrogen (secondary N) is 1. The predicted molar refractivity (Wildman–Crippen MR) is 111 cm³/mol. The van der Waals surface area contributed by atoms with Gasteiger partial charge in [0.2, 0.25) is 11.1 Å². The Labute approximate surface area is 173 Å². The summed E-state index contributed by atoms with van der Waals surface area (Å²) < 4.78 is 6.68. The van der Waals surface area contributed by atoms with Crippen molar-refractivity contribution in [2.24, 2.45) is 0 Å². The largest absolute Gasteiger partial charge is 0.462 e. The van der Waals surface area contributed by atoms with Crippen molar-refractivity contribution in [1.82, 2.24) is 19.6 Å². The Hall–Kier alpha value is -2.94. The van der Waals surface area contributed by atoms with E-state index < -0.39 is 0 Å². The predicted octanol–water partition coefficient (Wildman–Crippen LogP) is 3.21. The molecule has 8 nitrogen and oxygen atoms in total. The zero-order chi connectivity index (χ0) is 21.0. The van der Waals surface area contributed by atoms with Crippen LogP contribution in [0.1, 0.15) is 40.7 Å². The van der Waals surface area contributed by atoms with Crippen LogP contribution in [0.5, 0.6) is 0 Å². The fraction of sp³-hybridized carbons (Fsp3) is 0.350. The van der Waals surface area contributed by atoms with Gasteiger partial charge in [-0.3, -0.25) is 4.79 Å². The molecule has 0 radical (unpaired) electrons. The molecular weight excluding hydrogens is 390 g/mol. The first-order valence-electron chi connectivity index (χ1n) is 9.26. The van der Waals surface area contributed by atoms with Crippen LogP contribution in [0.4, 0.5) is 5.69 Å². The Balaban J connectivity index is 1.65. The summed E-state index contributed by atoms with van der Waals surface area (Å²) in [7, 11) is 0. The Bertz CT molecular complexity index is 1050. The van der Waals surface area contributed by atoms with E-state index in [1.807, 2.05) is 20.1 Å². The Morgan fingerprint density at radius 1 is 1.17 bits per heavy atom. The normalized spacial score (nSPS) is 10.9. The van der Waals surface area contributed by atoms with Crippen molar-refractivity contribution in [2.45, 2.75) is 38.8 Å². The molecule has 0 bridgehead atoms. The van der Waals surface area contributed by atoms with Crippen LogP contribution in [0.25, 0.3) is 5.78 Å². The van der Waals surface area contributed by atoms with Crippen LogP contribution < -0.4 is 5.32 Å². The summed E-state index contributed by atoms with van der Waals surface area (Å²) in [5.41, 5.74) is 3.86. The summed E-state index contributed by atoms with van der Waals surface area (Å²) in [6.45, 7) is 5.96. The molecule has 0 aliphatic rings. The third-order valence-electron chi connectivity index (χ3n) is 4.49. The van der Waals surface area contributed by atoms with E-state index in [0.717, 1.165) is 17.0 Å². The SMILES string of the molecule is CCOC(=O)c1ccc(NC(=O)CCc2c(C)nc3nc(SC)nn3c2C)cc1. The minimum Gasteiger partial charge on any atom is -0.462 e. The third-order valence-corrected chi connectivity index (χ3v) is 5.03. The molecule has 9 heteroatoms. The van der Waals surface area contributed by atoms with E-state index in [4.69, 9.17) is 4.74 Å². The van der Waals surface area contributed by atoms with Crippen molar-refractivity contribution in [2.75, 3.05) is 18.2 Å². The number of anilines is 1. The number of aromatic nitrogens is 4. The Morgan fingerprint density at radius 3 is 2.55 bits per heavy atom. The molecule has 0 spiro atoms. The number of esters is 1. The van der Waals surface area contributed by atoms with E-state index in [1.54, 1.807) is 35.7 Å². The molecule has 1 amide bonds. The Kier molecular flexibility index (Phi) is 6.48. The van der Waals surface area contributed by atoms with Gasteiger partial charge in [0.1, 0.15) is 0 Å². The maximum absolute atomic E-state index is 12.4. The summed E-state index contributed by atoms with van der Waals surface area (Å²) >= 11 is 1.46. The van der Waals surface area contributed by atoms with E-state index in [-0.39, 0.29) is 11.9 Å². The molecule has 0 aliphatic carbocycles. The molecule has 2 aromatic heterocycles. The molecule has 152 valence electrons. The van der Waals surface area contributed by atoms with Gasteiger partial charge < -0.3 is 10.1 Å². The van der Waals surface area contributed by atoms with Gasteiger partial charge in [0.25, 0.3) is 5.78 Å². The van der Waals surface area contributed by atoms with Crippen LogP contribution in [-0.4, -0.2) is 44.3 Å². The highest BCUT2D eigenvalue weighted by Gasteiger charge is 2.14. The lowest BCUT2D eigenvalue weighted by Crippen LogP contribution is -2.14. The van der Waals surface area contributed by atoms with Gasteiger partial charge in [0, 0.05) is 23.5 Å². The first kappa shape index (κ1) is 20.8. The quantitative estimate of drug-likeness (QED) is 0.469. The fourth-order valence-corrected chi connectivity index (χ4v) is 3.34. The van der Waals surface area contributed by atoms with Crippen LogP contribution in [0.15, 0.2) is 29.4 Å². The van der Waals surface area contributed by atoms with Gasteiger partial charge in [0.05, 0.1) is 12.2 Å². The number of carbonyl (C=O) groups excluding carboxylic acids is 2. The number of ether oxygens (including phenoxy) is 1. The maximum atomic E-state index is 12.4. The molecule has 1 aromatic carbocycles. The molecule has 0 aliphatic heterocycles. The van der Waals surface area contributed by atoms with E-state index >= 15 is 0 Å². The number of hydrogen-bond donors (Lipinski definition) is 1. The molecule has 1 N–H and O–H groups in total. The zero-order valence-corrected chi connectivity index (χ0v) is 17.7. The van der Waals surface area contributed by atoms with Crippen LogP contribution in [0, 0.1) is 13.8 Å². The van der Waals surface area contributed by atoms with Crippen LogP contribution in [0.2, 0.25) is 0 Å². The number of thioether (sulfide) groups is 1. The van der Waals surface area contributed by atoms with E-state index in [1.165, 1.54) is 11.8 Å². The van der Waals surface area contributed by atoms with E-state index in [0.29, 0.717) is 41.6 Å². The lowest BCUT2D eigenvalue weighted by Gasteiger charge is -2.11. The monoisotopic (exact) mass is 413 g/mol. The van der Waals surface area contributed by atoms with Crippen molar-refractivity contribution < 1.29 is 14.3 Å². The first-order valence-corrected chi connectivity index (χ1v) is 10.5. The van der Waals surface area contributed by atoms with Crippen LogP contribution >= 0.6 is 11.8 Å². The first-order chi connectivity index (χ1) is 13.9. The number of nitrogens with zero attached hydrogens (tertiary/aromatic N) is 4. The molecule has 29 heavy (non-hydrogen) atoms. The molecule has 2 heterocycles. The summed E-state index contributed by atoms with van der Waals surface area (Å²) in [6, 6.07) is 6.64. The smallest absolute Gasteiger partial charge is 0.338 e. The topological polar surface area (TPSA) is 98.5 Å². The molecule has 0 unspecified atom stereocenters. The average molecular weight is 414 g/mol. The number of fused-ring (bicyclic) bond motifs is 1. The van der Waals surface area contributed by atoms with Gasteiger partial charge in [0.15, 0.2) is 0 Å². The highest BCUT2D eigenvalue weighted by molar-refractivity contribution is 7.98. The van der Waals surface area contributed by atoms with Gasteiger partial charge in [-0.05, 0) is 63.3 Å². The number of carbonyl (C=O) groups is 2. The van der Waals surface area contributed by atoms with Gasteiger partial charge in [-0.1, -0.05) is 11.8 Å². The van der Waals surface area contributed by atoms with Crippen molar-refractivity contribution >= 4 is 35.1 Å². The summed E-state index contributed by atoms with van der Waals surface area (Å²) in [6.07, 6.45) is 2.77. The molecule has 0 saturated carbocycles. The highest BCUT2D eigenvalue weighted by Crippen LogP contribution is 2.18. The van der Waals surface area contributed by atoms with E-state index in [2.05, 4.69) is 20.4 Å². The lowest BCUT2D eigenvalue weighted by atomic mass is 10.1. The minimum atomic E-state index is -0.378. The number of hydrogen-bond acceptors (Lipinski definition) is 7. The molecule has 3 rings (SSSR count). The molecule has 0 saturated heterocycles. The summed E-state index contributed by atoms with van der Waals surface area (Å²) in [4.78, 5) is 32.9. The average Bonchev–Trinajstić information content (AvgIpc) is 3.12. The van der Waals surface area contributed by atoms with Crippen molar-refractivity contribution in [3.8, 4) is 0 Å². The van der Waals surface area contributed by atoms with Gasteiger partial charge in [-0.25, -0.2) is 14.3 Å². The highest BCUT2D eigenvalue weighted by atomic mass is 32.2. The number of amides is 1. The summed E-state index contributed by atoms with van der Waals surface area (Å²) in [5.74, 6) is 0.0763. The molecule has 3 aromatic rings. The standard InChI is InChI=1S/C20H23N5O3S/c1-5-28-18(27)14-6-8-15(9-7-14)22-17(26)11-10-16-12(2)21-19-23-20(29-4)24-25(19)13(16)3/h6-9H,5,10-11H2,1-4H3,(H,22,26). The lowest BCUT2D eigenvalue weighted by molar-refractivity contribution is -0.116. The van der Waals surface area contributed by atoms with Crippen LogP contribution in [0.3, 0.4) is 0 Å². The van der Waals surface area contributed by atoms with E-state index in [9.17, 15) is 9.59 Å². The minimum absolute atomic E-state index is 0.115. The molecule has 0 fully saturated rings. The van der Waals surface area contributed by atoms with Crippen molar-refractivity contribution in [1.29, 1.82) is 0 Å². The number of rotatable bonds is 7. The summed E-state index contributed by atoms with van der Waals surface area (Å²) in [5, 5.41) is 7.95. The molecular formula is C20H23N5O3S. The maximum Gasteiger partial charge on any atom is 0.338 e. The van der Waals surface area contributed by atoms with Crippen LogP contribution in [-0.2, 0) is 16.0 Å². The van der Waals surface area contributed by atoms with Gasteiger partial charge >= 0.3 is 5.97 Å². The van der Waals surface area contributed by atoms with Gasteiger partial charge in [-0.2, -0.15) is 4.98 Å². The van der Waals surface area contributed by atoms with Crippen molar-refractivity contribution in [3.05, 3.63) is 46.8 Å². The number of benzene rings is 1. The van der Waals surface area contributed by atoms with Gasteiger partial charge in [-0.15, -0.1) is 5.10 Å². The van der Waals surface area contributed by atoms with Crippen molar-refractivity contribution in [3.63, 3.8) is 0 Å². The molecule has 0 atom stereocenters. The fourth-order valence-electron chi connectivity index (χ4n) is 3.00.